The molecule has 0 aliphatic carbocycles. The summed E-state index contributed by atoms with van der Waals surface area (Å²) in [5.74, 6) is -1.15. The Morgan fingerprint density at radius 2 is 1.71 bits per heavy atom. The third kappa shape index (κ3) is 6.76. The standard InChI is InChI=1S/C23H13Cl2F3N2O4S/c24-17-5-7-19(8-6-17)35(32,33)34-21-9-4-14(11-20(21)25)10-15(13-29)22(31)30-18-3-1-2-16(12-18)23(26,27)28/h1-12H,(H,30,31)/b15-10+. The minimum atomic E-state index is -4.60. The van der Waals surface area contributed by atoms with Gasteiger partial charge in [-0.1, -0.05) is 35.3 Å². The average Bonchev–Trinajstić information content (AvgIpc) is 2.79. The molecule has 180 valence electrons. The van der Waals surface area contributed by atoms with Crippen molar-refractivity contribution in [2.45, 2.75) is 11.1 Å². The summed E-state index contributed by atoms with van der Waals surface area (Å²) in [5.41, 5.74) is -1.31. The molecule has 0 spiro atoms. The van der Waals surface area contributed by atoms with Gasteiger partial charge in [-0.15, -0.1) is 0 Å². The summed E-state index contributed by atoms with van der Waals surface area (Å²) in [7, 11) is -4.21. The van der Waals surface area contributed by atoms with Crippen LogP contribution in [0.5, 0.6) is 5.75 Å². The van der Waals surface area contributed by atoms with Crippen LogP contribution in [0.2, 0.25) is 10.0 Å². The second kappa shape index (κ2) is 10.4. The van der Waals surface area contributed by atoms with Gasteiger partial charge in [0.25, 0.3) is 5.91 Å². The lowest BCUT2D eigenvalue weighted by Gasteiger charge is -2.10. The maximum absolute atomic E-state index is 12.9. The third-order valence-electron chi connectivity index (χ3n) is 4.38. The van der Waals surface area contributed by atoms with E-state index >= 15 is 0 Å². The predicted molar refractivity (Wildman–Crippen MR) is 124 cm³/mol. The van der Waals surface area contributed by atoms with Gasteiger partial charge in [0.1, 0.15) is 16.5 Å². The summed E-state index contributed by atoms with van der Waals surface area (Å²) in [6.07, 6.45) is -3.47. The number of nitrogens with one attached hydrogen (secondary N) is 1. The molecule has 3 aromatic carbocycles. The highest BCUT2D eigenvalue weighted by molar-refractivity contribution is 7.87. The number of hydrogen-bond donors (Lipinski definition) is 1. The molecule has 0 aromatic heterocycles. The first-order valence-electron chi connectivity index (χ1n) is 9.49. The number of anilines is 1. The van der Waals surface area contributed by atoms with E-state index in [2.05, 4.69) is 5.32 Å². The normalized spacial score (nSPS) is 12.1. The number of nitrogens with zero attached hydrogens (tertiary/aromatic N) is 1. The summed E-state index contributed by atoms with van der Waals surface area (Å²) < 4.78 is 68.5. The summed E-state index contributed by atoms with van der Waals surface area (Å²) in [4.78, 5) is 12.2. The van der Waals surface area contributed by atoms with E-state index < -0.39 is 33.3 Å². The quantitative estimate of drug-likeness (QED) is 0.224. The molecule has 1 N–H and O–H groups in total. The molecule has 0 saturated heterocycles. The maximum atomic E-state index is 12.9. The Balaban J connectivity index is 1.79. The van der Waals surface area contributed by atoms with Gasteiger partial charge in [0, 0.05) is 10.7 Å². The van der Waals surface area contributed by atoms with Crippen LogP contribution in [0.25, 0.3) is 6.08 Å². The molecule has 0 aliphatic rings. The number of rotatable bonds is 6. The fourth-order valence-electron chi connectivity index (χ4n) is 2.73. The zero-order chi connectivity index (χ0) is 25.8. The van der Waals surface area contributed by atoms with E-state index in [1.807, 2.05) is 0 Å². The van der Waals surface area contributed by atoms with Crippen LogP contribution in [0.4, 0.5) is 18.9 Å². The van der Waals surface area contributed by atoms with Gasteiger partial charge in [-0.05, 0) is 66.2 Å². The second-order valence-corrected chi connectivity index (χ2v) is 9.27. The van der Waals surface area contributed by atoms with Crippen molar-refractivity contribution in [2.75, 3.05) is 5.32 Å². The Labute approximate surface area is 208 Å². The van der Waals surface area contributed by atoms with E-state index in [4.69, 9.17) is 27.4 Å². The highest BCUT2D eigenvalue weighted by Crippen LogP contribution is 2.31. The lowest BCUT2D eigenvalue weighted by atomic mass is 10.1. The fourth-order valence-corrected chi connectivity index (χ4v) is 4.08. The van der Waals surface area contributed by atoms with Crippen LogP contribution >= 0.6 is 23.2 Å². The number of hydrogen-bond acceptors (Lipinski definition) is 5. The van der Waals surface area contributed by atoms with Gasteiger partial charge in [0.15, 0.2) is 5.75 Å². The van der Waals surface area contributed by atoms with E-state index in [1.54, 1.807) is 6.07 Å². The van der Waals surface area contributed by atoms with Crippen molar-refractivity contribution in [1.29, 1.82) is 5.26 Å². The van der Waals surface area contributed by atoms with Crippen molar-refractivity contribution in [3.05, 3.63) is 93.5 Å². The molecular weight excluding hydrogens is 528 g/mol. The highest BCUT2D eigenvalue weighted by atomic mass is 35.5. The van der Waals surface area contributed by atoms with Crippen LogP contribution in [-0.2, 0) is 21.1 Å². The minimum Gasteiger partial charge on any atom is -0.377 e. The van der Waals surface area contributed by atoms with Crippen molar-refractivity contribution < 1.29 is 30.6 Å². The lowest BCUT2D eigenvalue weighted by molar-refractivity contribution is -0.137. The number of nitriles is 1. The molecule has 0 heterocycles. The topological polar surface area (TPSA) is 96.3 Å². The third-order valence-corrected chi connectivity index (χ3v) is 6.18. The highest BCUT2D eigenvalue weighted by Gasteiger charge is 2.30. The molecule has 0 atom stereocenters. The van der Waals surface area contributed by atoms with Gasteiger partial charge in [0.2, 0.25) is 0 Å². The Bertz CT molecular complexity index is 1450. The molecule has 35 heavy (non-hydrogen) atoms. The summed E-state index contributed by atoms with van der Waals surface area (Å²) in [6.45, 7) is 0. The molecule has 6 nitrogen and oxygen atoms in total. The van der Waals surface area contributed by atoms with Crippen molar-refractivity contribution in [3.63, 3.8) is 0 Å². The van der Waals surface area contributed by atoms with Crippen LogP contribution in [0, 0.1) is 11.3 Å². The molecule has 3 rings (SSSR count). The predicted octanol–water partition coefficient (Wildman–Crippen LogP) is 6.33. The number of carbonyl (C=O) groups excluding carboxylic acids is 1. The Morgan fingerprint density at radius 1 is 1.03 bits per heavy atom. The van der Waals surface area contributed by atoms with Gasteiger partial charge in [-0.2, -0.15) is 26.9 Å². The molecule has 0 unspecified atom stereocenters. The molecule has 0 aliphatic heterocycles. The molecule has 12 heteroatoms. The van der Waals surface area contributed by atoms with E-state index in [0.717, 1.165) is 24.3 Å². The smallest absolute Gasteiger partial charge is 0.377 e. The molecule has 3 aromatic rings. The molecule has 0 radical (unpaired) electrons. The average molecular weight is 541 g/mol. The van der Waals surface area contributed by atoms with E-state index in [1.165, 1.54) is 48.5 Å². The molecular formula is C23H13Cl2F3N2O4S. The summed E-state index contributed by atoms with van der Waals surface area (Å²) in [6, 6.07) is 14.7. The van der Waals surface area contributed by atoms with E-state index in [9.17, 15) is 31.6 Å². The molecule has 0 bridgehead atoms. The monoisotopic (exact) mass is 540 g/mol. The maximum Gasteiger partial charge on any atom is 0.416 e. The Kier molecular flexibility index (Phi) is 7.75. The van der Waals surface area contributed by atoms with E-state index in [0.29, 0.717) is 5.02 Å². The van der Waals surface area contributed by atoms with Gasteiger partial charge in [-0.3, -0.25) is 4.79 Å². The van der Waals surface area contributed by atoms with Crippen molar-refractivity contribution in [3.8, 4) is 11.8 Å². The summed E-state index contributed by atoms with van der Waals surface area (Å²) in [5, 5.41) is 11.8. The zero-order valence-electron chi connectivity index (χ0n) is 17.3. The number of halogens is 5. The van der Waals surface area contributed by atoms with Gasteiger partial charge >= 0.3 is 16.3 Å². The molecule has 1 amide bonds. The van der Waals surface area contributed by atoms with E-state index in [-0.39, 0.29) is 26.9 Å². The van der Waals surface area contributed by atoms with Crippen LogP contribution < -0.4 is 9.50 Å². The minimum absolute atomic E-state index is 0.133. The Morgan fingerprint density at radius 3 is 2.31 bits per heavy atom. The number of carbonyl (C=O) groups is 1. The van der Waals surface area contributed by atoms with Gasteiger partial charge < -0.3 is 9.50 Å². The number of amides is 1. The first-order valence-corrected chi connectivity index (χ1v) is 11.7. The second-order valence-electron chi connectivity index (χ2n) is 6.88. The number of benzene rings is 3. The van der Waals surface area contributed by atoms with Crippen molar-refractivity contribution >= 4 is 51.0 Å². The Hall–Kier alpha value is -3.52. The number of alkyl halides is 3. The van der Waals surface area contributed by atoms with Crippen LogP contribution in [0.3, 0.4) is 0 Å². The summed E-state index contributed by atoms with van der Waals surface area (Å²) >= 11 is 11.9. The fraction of sp³-hybridized carbons (Fsp3) is 0.0435. The first-order chi connectivity index (χ1) is 16.4. The van der Waals surface area contributed by atoms with Crippen LogP contribution in [0.1, 0.15) is 11.1 Å². The van der Waals surface area contributed by atoms with Crippen molar-refractivity contribution in [1.82, 2.24) is 0 Å². The van der Waals surface area contributed by atoms with Crippen molar-refractivity contribution in [2.24, 2.45) is 0 Å². The zero-order valence-corrected chi connectivity index (χ0v) is 19.6. The molecule has 0 saturated carbocycles. The largest absolute Gasteiger partial charge is 0.416 e. The molecule has 0 fully saturated rings. The van der Waals surface area contributed by atoms with Crippen LogP contribution in [-0.4, -0.2) is 14.3 Å². The van der Waals surface area contributed by atoms with Gasteiger partial charge in [0.05, 0.1) is 10.6 Å². The lowest BCUT2D eigenvalue weighted by Crippen LogP contribution is -2.14. The van der Waals surface area contributed by atoms with Crippen LogP contribution in [0.15, 0.2) is 77.2 Å². The SMILES string of the molecule is N#C/C(=C\c1ccc(OS(=O)(=O)c2ccc(Cl)cc2)c(Cl)c1)C(=O)Nc1cccc(C(F)(F)F)c1. The first kappa shape index (κ1) is 26.1. The van der Waals surface area contributed by atoms with Gasteiger partial charge in [-0.25, -0.2) is 0 Å².